The van der Waals surface area contributed by atoms with E-state index in [1.165, 1.54) is 12.1 Å². The molecule has 4 aromatic rings. The molecule has 0 fully saturated rings. The average Bonchev–Trinajstić information content (AvgIpc) is 3.50. The average molecular weight is 456 g/mol. The lowest BCUT2D eigenvalue weighted by Crippen LogP contribution is -2.25. The Hall–Kier alpha value is -3.87. The summed E-state index contributed by atoms with van der Waals surface area (Å²) in [6.07, 6.45) is 4.02. The van der Waals surface area contributed by atoms with E-state index in [0.717, 1.165) is 70.0 Å². The lowest BCUT2D eigenvalue weighted by atomic mass is 10.1. The number of aryl methyl sites for hydroxylation is 3. The third-order valence-corrected chi connectivity index (χ3v) is 6.83. The summed E-state index contributed by atoms with van der Waals surface area (Å²) in [5.41, 5.74) is 6.32. The van der Waals surface area contributed by atoms with Gasteiger partial charge in [-0.15, -0.1) is 0 Å². The fraction of sp³-hybridized carbons (Fsp3) is 0.259. The van der Waals surface area contributed by atoms with Gasteiger partial charge in [-0.05, 0) is 67.7 Å². The molecular formula is C27H26FN5O. The molecule has 1 amide bonds. The highest BCUT2D eigenvalue weighted by Gasteiger charge is 2.27. The number of carbonyl (C=O) groups is 1. The lowest BCUT2D eigenvalue weighted by Gasteiger charge is -2.14. The van der Waals surface area contributed by atoms with E-state index in [9.17, 15) is 9.18 Å². The summed E-state index contributed by atoms with van der Waals surface area (Å²) in [5, 5.41) is 7.58. The number of carbonyl (C=O) groups excluding carboxylic acids is 1. The third-order valence-electron chi connectivity index (χ3n) is 6.83. The van der Waals surface area contributed by atoms with Crippen LogP contribution in [0.1, 0.15) is 45.1 Å². The van der Waals surface area contributed by atoms with Gasteiger partial charge >= 0.3 is 0 Å². The van der Waals surface area contributed by atoms with Crippen molar-refractivity contribution in [2.45, 2.75) is 39.8 Å². The maximum absolute atomic E-state index is 13.9. The predicted octanol–water partition coefficient (Wildman–Crippen LogP) is 4.78. The fourth-order valence-corrected chi connectivity index (χ4v) is 5.15. The van der Waals surface area contributed by atoms with E-state index in [2.05, 4.69) is 27.3 Å². The number of imidazole rings is 1. The second-order valence-electron chi connectivity index (χ2n) is 9.15. The van der Waals surface area contributed by atoms with E-state index in [0.29, 0.717) is 18.8 Å². The molecule has 0 saturated carbocycles. The van der Waals surface area contributed by atoms with E-state index in [1.54, 1.807) is 6.07 Å². The number of halogens is 1. The molecule has 172 valence electrons. The number of nitrogens with one attached hydrogen (secondary N) is 2. The summed E-state index contributed by atoms with van der Waals surface area (Å²) >= 11 is 0. The van der Waals surface area contributed by atoms with Crippen LogP contribution >= 0.6 is 0 Å². The molecule has 6 rings (SSSR count). The lowest BCUT2D eigenvalue weighted by molar-refractivity contribution is 0.0965. The second kappa shape index (κ2) is 7.87. The first-order chi connectivity index (χ1) is 16.5. The van der Waals surface area contributed by atoms with Crippen LogP contribution in [-0.4, -0.2) is 26.6 Å². The Morgan fingerprint density at radius 3 is 2.88 bits per heavy atom. The quantitative estimate of drug-likeness (QED) is 0.465. The van der Waals surface area contributed by atoms with Crippen LogP contribution in [0.5, 0.6) is 0 Å². The SMILES string of the molecule is Cc1ccc(C)c2c1cc(C(=O)NC1=CCn3c1nc1c3NCCC1)n2Cc1cccc(F)c1. The number of rotatable bonds is 4. The molecule has 2 N–H and O–H groups in total. The summed E-state index contributed by atoms with van der Waals surface area (Å²) in [7, 11) is 0. The highest BCUT2D eigenvalue weighted by molar-refractivity contribution is 6.03. The smallest absolute Gasteiger partial charge is 0.272 e. The van der Waals surface area contributed by atoms with Crippen molar-refractivity contribution in [2.24, 2.45) is 0 Å². The van der Waals surface area contributed by atoms with Crippen LogP contribution in [0.2, 0.25) is 0 Å². The van der Waals surface area contributed by atoms with Gasteiger partial charge in [0.05, 0.1) is 16.9 Å². The molecule has 0 spiro atoms. The van der Waals surface area contributed by atoms with Gasteiger partial charge in [0.25, 0.3) is 5.91 Å². The summed E-state index contributed by atoms with van der Waals surface area (Å²) in [6, 6.07) is 12.6. The molecule has 2 aromatic heterocycles. The minimum Gasteiger partial charge on any atom is -0.370 e. The van der Waals surface area contributed by atoms with Crippen LogP contribution < -0.4 is 10.6 Å². The van der Waals surface area contributed by atoms with Gasteiger partial charge in [-0.3, -0.25) is 4.79 Å². The minimum absolute atomic E-state index is 0.194. The van der Waals surface area contributed by atoms with E-state index in [4.69, 9.17) is 4.98 Å². The number of fused-ring (bicyclic) bond motifs is 4. The Labute approximate surface area is 197 Å². The monoisotopic (exact) mass is 455 g/mol. The van der Waals surface area contributed by atoms with Crippen molar-refractivity contribution >= 4 is 28.3 Å². The number of aromatic nitrogens is 3. The fourth-order valence-electron chi connectivity index (χ4n) is 5.15. The van der Waals surface area contributed by atoms with Crippen molar-refractivity contribution in [3.8, 4) is 0 Å². The van der Waals surface area contributed by atoms with Gasteiger partial charge in [-0.2, -0.15) is 0 Å². The van der Waals surface area contributed by atoms with Crippen molar-refractivity contribution in [3.05, 3.63) is 88.3 Å². The van der Waals surface area contributed by atoms with Gasteiger partial charge in [0.2, 0.25) is 0 Å². The Morgan fingerprint density at radius 2 is 2.03 bits per heavy atom. The molecule has 6 nitrogen and oxygen atoms in total. The minimum atomic E-state index is -0.284. The molecule has 0 atom stereocenters. The van der Waals surface area contributed by atoms with E-state index < -0.39 is 0 Å². The number of benzene rings is 2. The Morgan fingerprint density at radius 1 is 1.18 bits per heavy atom. The van der Waals surface area contributed by atoms with Crippen molar-refractivity contribution in [2.75, 3.05) is 11.9 Å². The van der Waals surface area contributed by atoms with Crippen molar-refractivity contribution in [3.63, 3.8) is 0 Å². The second-order valence-corrected chi connectivity index (χ2v) is 9.15. The zero-order valence-electron chi connectivity index (χ0n) is 19.3. The number of hydrogen-bond donors (Lipinski definition) is 2. The molecule has 0 aliphatic carbocycles. The zero-order valence-corrected chi connectivity index (χ0v) is 19.3. The third kappa shape index (κ3) is 3.31. The van der Waals surface area contributed by atoms with E-state index >= 15 is 0 Å². The highest BCUT2D eigenvalue weighted by atomic mass is 19.1. The number of hydrogen-bond acceptors (Lipinski definition) is 3. The van der Waals surface area contributed by atoms with Crippen molar-refractivity contribution in [1.29, 1.82) is 0 Å². The summed E-state index contributed by atoms with van der Waals surface area (Å²) in [5.74, 6) is 1.38. The molecule has 4 heterocycles. The van der Waals surface area contributed by atoms with Crippen LogP contribution in [0.4, 0.5) is 10.2 Å². The molecule has 7 heteroatoms. The predicted molar refractivity (Wildman–Crippen MR) is 131 cm³/mol. The molecule has 2 aromatic carbocycles. The Balaban J connectivity index is 1.39. The van der Waals surface area contributed by atoms with Gasteiger partial charge in [0.15, 0.2) is 5.82 Å². The van der Waals surface area contributed by atoms with Crippen LogP contribution in [0.3, 0.4) is 0 Å². The Kier molecular flexibility index (Phi) is 4.79. The van der Waals surface area contributed by atoms with Crippen LogP contribution in [-0.2, 0) is 19.5 Å². The van der Waals surface area contributed by atoms with E-state index in [-0.39, 0.29) is 11.7 Å². The number of anilines is 1. The Bertz CT molecular complexity index is 1490. The molecular weight excluding hydrogens is 429 g/mol. The van der Waals surface area contributed by atoms with Gasteiger partial charge in [-0.1, -0.05) is 24.3 Å². The van der Waals surface area contributed by atoms with Gasteiger partial charge in [0, 0.05) is 25.0 Å². The van der Waals surface area contributed by atoms with Crippen molar-refractivity contribution in [1.82, 2.24) is 19.4 Å². The topological polar surface area (TPSA) is 63.9 Å². The summed E-state index contributed by atoms with van der Waals surface area (Å²) in [4.78, 5) is 18.4. The zero-order chi connectivity index (χ0) is 23.4. The molecule has 0 radical (unpaired) electrons. The first-order valence-electron chi connectivity index (χ1n) is 11.7. The summed E-state index contributed by atoms with van der Waals surface area (Å²) < 4.78 is 18.0. The largest absolute Gasteiger partial charge is 0.370 e. The highest BCUT2D eigenvalue weighted by Crippen LogP contribution is 2.31. The van der Waals surface area contributed by atoms with Crippen LogP contribution in [0.15, 0.2) is 48.5 Å². The molecule has 0 unspecified atom stereocenters. The van der Waals surface area contributed by atoms with Gasteiger partial charge in [-0.25, -0.2) is 9.37 Å². The number of amides is 1. The maximum Gasteiger partial charge on any atom is 0.272 e. The van der Waals surface area contributed by atoms with Crippen molar-refractivity contribution < 1.29 is 9.18 Å². The first kappa shape index (κ1) is 20.7. The van der Waals surface area contributed by atoms with Gasteiger partial charge < -0.3 is 19.8 Å². The molecule has 0 saturated heterocycles. The molecule has 2 aliphatic rings. The van der Waals surface area contributed by atoms with E-state index in [1.807, 2.05) is 36.6 Å². The van der Waals surface area contributed by atoms with Crippen LogP contribution in [0.25, 0.3) is 16.6 Å². The summed E-state index contributed by atoms with van der Waals surface area (Å²) in [6.45, 7) is 6.12. The number of nitrogens with zero attached hydrogens (tertiary/aromatic N) is 3. The first-order valence-corrected chi connectivity index (χ1v) is 11.7. The molecule has 34 heavy (non-hydrogen) atoms. The standard InChI is InChI=1S/C27H26FN5O/c1-16-8-9-17(2)24-20(16)14-23(33(24)15-18-5-3-6-19(28)13-18)27(34)31-22-10-12-32-25-21(30-26(22)32)7-4-11-29-25/h3,5-6,8-10,13-14,29H,4,7,11-12,15H2,1-2H3,(H,31,34). The molecule has 2 aliphatic heterocycles. The maximum atomic E-state index is 13.9. The normalized spacial score (nSPS) is 14.5. The number of allylic oxidation sites excluding steroid dienone is 1. The van der Waals surface area contributed by atoms with Crippen LogP contribution in [0, 0.1) is 19.7 Å². The van der Waals surface area contributed by atoms with Gasteiger partial charge in [0.1, 0.15) is 17.3 Å². The molecule has 0 bridgehead atoms.